The minimum absolute atomic E-state index is 1.05. The highest BCUT2D eigenvalue weighted by molar-refractivity contribution is 9.10. The van der Waals surface area contributed by atoms with Crippen molar-refractivity contribution >= 4 is 43.2 Å². The Kier molecular flexibility index (Phi) is 4.29. The summed E-state index contributed by atoms with van der Waals surface area (Å²) >= 11 is 3.53. The molecule has 0 aliphatic heterocycles. The van der Waals surface area contributed by atoms with Gasteiger partial charge < -0.3 is 0 Å². The highest BCUT2D eigenvalue weighted by Crippen LogP contribution is 2.37. The van der Waals surface area contributed by atoms with Gasteiger partial charge in [-0.3, -0.25) is 0 Å². The normalized spacial score (nSPS) is 14.5. The van der Waals surface area contributed by atoms with E-state index in [1.165, 1.54) is 46.6 Å². The average molecular weight is 414 g/mol. The number of allylic oxidation sites excluding steroid dienone is 2. The van der Waals surface area contributed by atoms with E-state index in [2.05, 4.69) is 88.7 Å². The average Bonchev–Trinajstić information content (AvgIpc) is 2.74. The second-order valence-electron chi connectivity index (χ2n) is 7.22. The van der Waals surface area contributed by atoms with Gasteiger partial charge in [0.1, 0.15) is 0 Å². The van der Waals surface area contributed by atoms with Crippen molar-refractivity contribution in [3.8, 4) is 11.3 Å². The monoisotopic (exact) mass is 413 g/mol. The Labute approximate surface area is 167 Å². The summed E-state index contributed by atoms with van der Waals surface area (Å²) in [5, 5.41) is 3.87. The quantitative estimate of drug-likeness (QED) is 0.305. The number of nitrogens with zero attached hydrogens (tertiary/aromatic N) is 1. The summed E-state index contributed by atoms with van der Waals surface area (Å²) in [7, 11) is 0. The molecule has 0 atom stereocenters. The van der Waals surface area contributed by atoms with Gasteiger partial charge in [0.05, 0.1) is 11.2 Å². The van der Waals surface area contributed by atoms with Gasteiger partial charge in [0.2, 0.25) is 0 Å². The van der Waals surface area contributed by atoms with E-state index >= 15 is 0 Å². The molecule has 0 spiro atoms. The molecule has 0 saturated heterocycles. The van der Waals surface area contributed by atoms with E-state index in [4.69, 9.17) is 4.98 Å². The molecule has 0 saturated carbocycles. The van der Waals surface area contributed by atoms with Crippen LogP contribution >= 0.6 is 15.9 Å². The van der Waals surface area contributed by atoms with Crippen LogP contribution in [0.15, 0.2) is 77.3 Å². The van der Waals surface area contributed by atoms with Crippen molar-refractivity contribution in [1.29, 1.82) is 0 Å². The lowest BCUT2D eigenvalue weighted by Crippen LogP contribution is -1.97. The number of hydrogen-bond acceptors (Lipinski definition) is 1. The lowest BCUT2D eigenvalue weighted by molar-refractivity contribution is 0.742. The van der Waals surface area contributed by atoms with E-state index in [1.54, 1.807) is 0 Å². The summed E-state index contributed by atoms with van der Waals surface area (Å²) in [5.41, 5.74) is 6.12. The van der Waals surface area contributed by atoms with Gasteiger partial charge >= 0.3 is 0 Å². The SMILES string of the molecule is Brc1ccc(-c2cc(C3=CCCCC3)c3c(ccc4ccccc43)n2)cc1. The Morgan fingerprint density at radius 1 is 0.852 bits per heavy atom. The van der Waals surface area contributed by atoms with Gasteiger partial charge in [0, 0.05) is 15.4 Å². The van der Waals surface area contributed by atoms with Crippen molar-refractivity contribution in [2.24, 2.45) is 0 Å². The van der Waals surface area contributed by atoms with Gasteiger partial charge in [-0.15, -0.1) is 0 Å². The van der Waals surface area contributed by atoms with Gasteiger partial charge in [-0.05, 0) is 71.9 Å². The third-order valence-corrected chi connectivity index (χ3v) is 6.00. The fraction of sp³-hybridized carbons (Fsp3) is 0.160. The van der Waals surface area contributed by atoms with Crippen molar-refractivity contribution < 1.29 is 0 Å². The second-order valence-corrected chi connectivity index (χ2v) is 8.13. The zero-order valence-electron chi connectivity index (χ0n) is 15.1. The smallest absolute Gasteiger partial charge is 0.0722 e. The number of halogens is 1. The summed E-state index contributed by atoms with van der Waals surface area (Å²) in [4.78, 5) is 5.04. The van der Waals surface area contributed by atoms with Crippen LogP contribution in [0.3, 0.4) is 0 Å². The summed E-state index contributed by atoms with van der Waals surface area (Å²) < 4.78 is 1.09. The molecule has 3 aromatic carbocycles. The fourth-order valence-corrected chi connectivity index (χ4v) is 4.38. The van der Waals surface area contributed by atoms with Crippen molar-refractivity contribution in [3.05, 3.63) is 82.8 Å². The highest BCUT2D eigenvalue weighted by Gasteiger charge is 2.15. The molecule has 1 heterocycles. The minimum Gasteiger partial charge on any atom is -0.248 e. The number of pyridine rings is 1. The maximum Gasteiger partial charge on any atom is 0.0722 e. The molecule has 0 bridgehead atoms. The third kappa shape index (κ3) is 3.08. The van der Waals surface area contributed by atoms with Gasteiger partial charge in [-0.1, -0.05) is 64.5 Å². The first-order chi connectivity index (χ1) is 13.3. The topological polar surface area (TPSA) is 12.9 Å². The first-order valence-corrected chi connectivity index (χ1v) is 10.4. The Morgan fingerprint density at radius 3 is 2.52 bits per heavy atom. The van der Waals surface area contributed by atoms with Gasteiger partial charge in [-0.25, -0.2) is 4.98 Å². The van der Waals surface area contributed by atoms with Crippen LogP contribution in [0, 0.1) is 0 Å². The van der Waals surface area contributed by atoms with E-state index in [0.717, 1.165) is 27.7 Å². The number of rotatable bonds is 2. The third-order valence-electron chi connectivity index (χ3n) is 5.48. The minimum atomic E-state index is 1.05. The number of benzene rings is 3. The van der Waals surface area contributed by atoms with E-state index < -0.39 is 0 Å². The number of hydrogen-bond donors (Lipinski definition) is 0. The summed E-state index contributed by atoms with van der Waals surface area (Å²) in [6.07, 6.45) is 7.34. The van der Waals surface area contributed by atoms with Crippen LogP contribution in [0.5, 0.6) is 0 Å². The van der Waals surface area contributed by atoms with Crippen LogP contribution in [-0.4, -0.2) is 4.98 Å². The van der Waals surface area contributed by atoms with Gasteiger partial charge in [-0.2, -0.15) is 0 Å². The molecule has 0 radical (unpaired) electrons. The molecule has 1 nitrogen and oxygen atoms in total. The van der Waals surface area contributed by atoms with Gasteiger partial charge in [0.15, 0.2) is 0 Å². The van der Waals surface area contributed by atoms with Crippen LogP contribution in [0.2, 0.25) is 0 Å². The molecule has 1 aromatic heterocycles. The molecule has 27 heavy (non-hydrogen) atoms. The molecule has 1 aliphatic carbocycles. The molecule has 0 amide bonds. The standard InChI is InChI=1S/C25H20BrN/c26-20-13-10-19(11-14-20)24-16-22(17-6-2-1-3-7-17)25-21-9-5-4-8-18(21)12-15-23(25)27-24/h4-6,8-16H,1-3,7H2. The Morgan fingerprint density at radius 2 is 1.70 bits per heavy atom. The Hall–Kier alpha value is -2.45. The van der Waals surface area contributed by atoms with Gasteiger partial charge in [0.25, 0.3) is 0 Å². The van der Waals surface area contributed by atoms with E-state index in [1.807, 2.05) is 0 Å². The molecule has 1 aliphatic rings. The summed E-state index contributed by atoms with van der Waals surface area (Å²) in [6, 6.07) is 23.8. The summed E-state index contributed by atoms with van der Waals surface area (Å²) in [6.45, 7) is 0. The fourth-order valence-electron chi connectivity index (χ4n) is 4.11. The molecular weight excluding hydrogens is 394 g/mol. The largest absolute Gasteiger partial charge is 0.248 e. The van der Waals surface area contributed by atoms with Crippen LogP contribution in [0.1, 0.15) is 31.2 Å². The Balaban J connectivity index is 1.84. The van der Waals surface area contributed by atoms with Crippen LogP contribution in [0.4, 0.5) is 0 Å². The van der Waals surface area contributed by atoms with E-state index in [9.17, 15) is 0 Å². The zero-order valence-corrected chi connectivity index (χ0v) is 16.7. The van der Waals surface area contributed by atoms with E-state index in [-0.39, 0.29) is 0 Å². The summed E-state index contributed by atoms with van der Waals surface area (Å²) in [5.74, 6) is 0. The van der Waals surface area contributed by atoms with Crippen molar-refractivity contribution in [3.63, 3.8) is 0 Å². The maximum absolute atomic E-state index is 5.04. The van der Waals surface area contributed by atoms with Crippen molar-refractivity contribution in [2.45, 2.75) is 25.7 Å². The van der Waals surface area contributed by atoms with Crippen molar-refractivity contribution in [1.82, 2.24) is 4.98 Å². The molecule has 132 valence electrons. The van der Waals surface area contributed by atoms with Crippen LogP contribution in [-0.2, 0) is 0 Å². The van der Waals surface area contributed by atoms with Crippen LogP contribution in [0.25, 0.3) is 38.5 Å². The zero-order chi connectivity index (χ0) is 18.2. The first-order valence-electron chi connectivity index (χ1n) is 9.57. The maximum atomic E-state index is 5.04. The highest BCUT2D eigenvalue weighted by atomic mass is 79.9. The second kappa shape index (κ2) is 6.94. The Bertz CT molecular complexity index is 1170. The van der Waals surface area contributed by atoms with Crippen molar-refractivity contribution in [2.75, 3.05) is 0 Å². The molecule has 0 unspecified atom stereocenters. The number of fused-ring (bicyclic) bond motifs is 3. The lowest BCUT2D eigenvalue weighted by atomic mass is 9.89. The molecular formula is C25H20BrN. The number of aromatic nitrogens is 1. The molecule has 0 fully saturated rings. The predicted molar refractivity (Wildman–Crippen MR) is 119 cm³/mol. The molecule has 4 aromatic rings. The van der Waals surface area contributed by atoms with Crippen LogP contribution < -0.4 is 0 Å². The van der Waals surface area contributed by atoms with E-state index in [0.29, 0.717) is 0 Å². The lowest BCUT2D eigenvalue weighted by Gasteiger charge is -2.18. The first kappa shape index (κ1) is 16.7. The molecule has 5 rings (SSSR count). The molecule has 0 N–H and O–H groups in total. The predicted octanol–water partition coefficient (Wildman–Crippen LogP) is 7.77. The molecule has 2 heteroatoms.